The van der Waals surface area contributed by atoms with Crippen molar-refractivity contribution in [2.45, 2.75) is 22.3 Å². The average molecular weight is 320 g/mol. The molecule has 0 spiro atoms. The van der Waals surface area contributed by atoms with Crippen LogP contribution in [0.3, 0.4) is 0 Å². The van der Waals surface area contributed by atoms with Crippen LogP contribution in [0.25, 0.3) is 0 Å². The lowest BCUT2D eigenvalue weighted by molar-refractivity contribution is 0.482. The van der Waals surface area contributed by atoms with Gasteiger partial charge in [-0.1, -0.05) is 18.2 Å². The first-order valence-corrected chi connectivity index (χ1v) is 9.35. The first kappa shape index (κ1) is 14.5. The molecule has 1 heterocycles. The molecular formula is C16H16O3S2. The molecule has 0 amide bonds. The molecule has 21 heavy (non-hydrogen) atoms. The van der Waals surface area contributed by atoms with E-state index in [4.69, 9.17) is 4.74 Å². The highest BCUT2D eigenvalue weighted by Crippen LogP contribution is 2.38. The van der Waals surface area contributed by atoms with Gasteiger partial charge >= 0.3 is 0 Å². The summed E-state index contributed by atoms with van der Waals surface area (Å²) >= 11 is 1.70. The zero-order valence-corrected chi connectivity index (χ0v) is 13.2. The second-order valence-corrected chi connectivity index (χ2v) is 8.59. The molecule has 1 saturated heterocycles. The molecule has 0 saturated carbocycles. The third-order valence-corrected chi connectivity index (χ3v) is 7.04. The maximum absolute atomic E-state index is 12.4. The van der Waals surface area contributed by atoms with E-state index in [2.05, 4.69) is 0 Å². The molecule has 3 rings (SSSR count). The number of rotatable bonds is 5. The lowest BCUT2D eigenvalue weighted by atomic mass is 10.3. The molecule has 3 nitrogen and oxygen atoms in total. The molecule has 0 bridgehead atoms. The summed E-state index contributed by atoms with van der Waals surface area (Å²) < 4.78 is 30.5. The SMILES string of the molecule is C[C@H]([C@@H]1CS1)S(=O)(=O)c1ccc(Oc2ccccc2)cc1. The smallest absolute Gasteiger partial charge is 0.182 e. The maximum Gasteiger partial charge on any atom is 0.182 e. The third kappa shape index (κ3) is 3.24. The van der Waals surface area contributed by atoms with Gasteiger partial charge in [-0.05, 0) is 43.3 Å². The zero-order valence-electron chi connectivity index (χ0n) is 11.6. The Morgan fingerprint density at radius 3 is 2.19 bits per heavy atom. The summed E-state index contributed by atoms with van der Waals surface area (Å²) in [6.45, 7) is 1.79. The topological polar surface area (TPSA) is 43.4 Å². The minimum Gasteiger partial charge on any atom is -0.457 e. The van der Waals surface area contributed by atoms with Gasteiger partial charge in [-0.25, -0.2) is 8.42 Å². The molecular weight excluding hydrogens is 304 g/mol. The van der Waals surface area contributed by atoms with Gasteiger partial charge in [0.2, 0.25) is 0 Å². The fraction of sp³-hybridized carbons (Fsp3) is 0.250. The van der Waals surface area contributed by atoms with E-state index in [1.807, 2.05) is 30.3 Å². The highest BCUT2D eigenvalue weighted by molar-refractivity contribution is 8.08. The van der Waals surface area contributed by atoms with Crippen LogP contribution in [0.2, 0.25) is 0 Å². The van der Waals surface area contributed by atoms with Crippen molar-refractivity contribution in [3.05, 3.63) is 54.6 Å². The molecule has 0 radical (unpaired) electrons. The summed E-state index contributed by atoms with van der Waals surface area (Å²) in [5.74, 6) is 2.31. The minimum atomic E-state index is -3.24. The number of ether oxygens (including phenoxy) is 1. The summed E-state index contributed by atoms with van der Waals surface area (Å²) in [7, 11) is -3.24. The second kappa shape index (κ2) is 5.73. The van der Waals surface area contributed by atoms with Crippen molar-refractivity contribution in [1.29, 1.82) is 0 Å². The molecule has 2 aromatic carbocycles. The van der Waals surface area contributed by atoms with Crippen LogP contribution >= 0.6 is 11.8 Å². The number of sulfone groups is 1. The highest BCUT2D eigenvalue weighted by Gasteiger charge is 2.38. The molecule has 0 unspecified atom stereocenters. The summed E-state index contributed by atoms with van der Waals surface area (Å²) in [5, 5.41) is -0.0846. The van der Waals surface area contributed by atoms with Crippen molar-refractivity contribution in [3.63, 3.8) is 0 Å². The van der Waals surface area contributed by atoms with Crippen LogP contribution in [0, 0.1) is 0 Å². The first-order chi connectivity index (χ1) is 10.1. The molecule has 1 aliphatic rings. The Labute approximate surface area is 129 Å². The first-order valence-electron chi connectivity index (χ1n) is 6.76. The van der Waals surface area contributed by atoms with Gasteiger partial charge in [-0.15, -0.1) is 0 Å². The van der Waals surface area contributed by atoms with Crippen molar-refractivity contribution in [1.82, 2.24) is 0 Å². The van der Waals surface area contributed by atoms with E-state index in [-0.39, 0.29) is 10.5 Å². The molecule has 2 aromatic rings. The van der Waals surface area contributed by atoms with E-state index < -0.39 is 9.84 Å². The van der Waals surface area contributed by atoms with E-state index in [9.17, 15) is 8.42 Å². The van der Waals surface area contributed by atoms with E-state index in [0.29, 0.717) is 10.6 Å². The van der Waals surface area contributed by atoms with Crippen molar-refractivity contribution < 1.29 is 13.2 Å². The largest absolute Gasteiger partial charge is 0.457 e. The quantitative estimate of drug-likeness (QED) is 0.787. The number of thioether (sulfide) groups is 1. The Bertz CT molecular complexity index is 705. The van der Waals surface area contributed by atoms with E-state index in [1.54, 1.807) is 43.0 Å². The lowest BCUT2D eigenvalue weighted by Crippen LogP contribution is -2.22. The van der Waals surface area contributed by atoms with Crippen LogP contribution in [0.1, 0.15) is 6.92 Å². The molecule has 0 N–H and O–H groups in total. The van der Waals surface area contributed by atoms with Crippen molar-refractivity contribution >= 4 is 21.6 Å². The number of para-hydroxylation sites is 1. The van der Waals surface area contributed by atoms with Crippen molar-refractivity contribution in [2.75, 3.05) is 5.75 Å². The molecule has 1 fully saturated rings. The normalized spacial score (nSPS) is 19.0. The molecule has 110 valence electrons. The standard InChI is InChI=1S/C16H16O3S2/c1-12(16-11-20-16)21(17,18)15-9-7-14(8-10-15)19-13-5-3-2-4-6-13/h2-10,12,16H,11H2,1H3/t12-,16+/m1/s1. The maximum atomic E-state index is 12.4. The summed E-state index contributed by atoms with van der Waals surface area (Å²) in [6.07, 6.45) is 0. The van der Waals surface area contributed by atoms with Crippen LogP contribution in [-0.2, 0) is 9.84 Å². The zero-order chi connectivity index (χ0) is 14.9. The summed E-state index contributed by atoms with van der Waals surface area (Å²) in [4.78, 5) is 0.364. The molecule has 2 atom stereocenters. The number of hydrogen-bond donors (Lipinski definition) is 0. The highest BCUT2D eigenvalue weighted by atomic mass is 32.2. The second-order valence-electron chi connectivity index (χ2n) is 5.01. The van der Waals surface area contributed by atoms with Crippen LogP contribution in [0.15, 0.2) is 59.5 Å². The van der Waals surface area contributed by atoms with Gasteiger partial charge in [0.25, 0.3) is 0 Å². The lowest BCUT2D eigenvalue weighted by Gasteiger charge is -2.12. The number of hydrogen-bond acceptors (Lipinski definition) is 4. The van der Waals surface area contributed by atoms with Gasteiger partial charge in [-0.3, -0.25) is 0 Å². The van der Waals surface area contributed by atoms with Gasteiger partial charge < -0.3 is 4.74 Å². The van der Waals surface area contributed by atoms with Crippen LogP contribution in [-0.4, -0.2) is 24.7 Å². The molecule has 0 aliphatic carbocycles. The van der Waals surface area contributed by atoms with Crippen LogP contribution in [0.4, 0.5) is 0 Å². The molecule has 1 aliphatic heterocycles. The van der Waals surface area contributed by atoms with Gasteiger partial charge in [0.1, 0.15) is 11.5 Å². The Balaban J connectivity index is 1.77. The van der Waals surface area contributed by atoms with E-state index >= 15 is 0 Å². The van der Waals surface area contributed by atoms with Gasteiger partial charge in [0.05, 0.1) is 10.1 Å². The van der Waals surface area contributed by atoms with Gasteiger partial charge in [0.15, 0.2) is 9.84 Å². The predicted molar refractivity (Wildman–Crippen MR) is 85.9 cm³/mol. The molecule has 5 heteroatoms. The van der Waals surface area contributed by atoms with Crippen molar-refractivity contribution in [3.8, 4) is 11.5 Å². The fourth-order valence-electron chi connectivity index (χ4n) is 2.06. The summed E-state index contributed by atoms with van der Waals surface area (Å²) in [5.41, 5.74) is 0. The Morgan fingerprint density at radius 1 is 1.05 bits per heavy atom. The van der Waals surface area contributed by atoms with Crippen LogP contribution < -0.4 is 4.74 Å². The Hall–Kier alpha value is -1.46. The fourth-order valence-corrected chi connectivity index (χ4v) is 4.97. The predicted octanol–water partition coefficient (Wildman–Crippen LogP) is 3.76. The van der Waals surface area contributed by atoms with Crippen LogP contribution in [0.5, 0.6) is 11.5 Å². The average Bonchev–Trinajstić information content (AvgIpc) is 3.33. The summed E-state index contributed by atoms with van der Waals surface area (Å²) in [6, 6.07) is 16.1. The van der Waals surface area contributed by atoms with Gasteiger partial charge in [-0.2, -0.15) is 11.8 Å². The minimum absolute atomic E-state index is 0.246. The third-order valence-electron chi connectivity index (χ3n) is 3.50. The van der Waals surface area contributed by atoms with Gasteiger partial charge in [0, 0.05) is 11.0 Å². The molecule has 0 aromatic heterocycles. The Morgan fingerprint density at radius 2 is 1.62 bits per heavy atom. The monoisotopic (exact) mass is 320 g/mol. The van der Waals surface area contributed by atoms with Crippen molar-refractivity contribution in [2.24, 2.45) is 0 Å². The van der Waals surface area contributed by atoms with E-state index in [0.717, 1.165) is 11.5 Å². The van der Waals surface area contributed by atoms with E-state index in [1.165, 1.54) is 0 Å². The number of benzene rings is 2. The Kier molecular flexibility index (Phi) is 3.95.